The number of phosphoric ester groups is 1. The zero-order valence-electron chi connectivity index (χ0n) is 50.0. The number of aliphatic hydroxyl groups excluding tert-OH is 1. The van der Waals surface area contributed by atoms with Crippen molar-refractivity contribution in [3.05, 3.63) is 95.6 Å². The first-order valence-electron chi connectivity index (χ1n) is 28.1. The van der Waals surface area contributed by atoms with E-state index in [9.17, 15) is 97.1 Å². The van der Waals surface area contributed by atoms with Crippen LogP contribution < -0.4 is 63.4 Å². The topological polar surface area (TPSA) is 536 Å². The van der Waals surface area contributed by atoms with Gasteiger partial charge in [-0.25, -0.2) is 9.36 Å². The number of phenols is 1. The Labute approximate surface area is 535 Å². The van der Waals surface area contributed by atoms with Gasteiger partial charge in [0.05, 0.1) is 32.2 Å². The molecular weight excluding hydrogens is 1270 g/mol. The summed E-state index contributed by atoms with van der Waals surface area (Å²) in [6, 6.07) is 5.19. The first-order chi connectivity index (χ1) is 43.4. The van der Waals surface area contributed by atoms with E-state index in [0.717, 1.165) is 19.1 Å². The molecule has 0 fully saturated rings. The smallest absolute Gasteiger partial charge is 0.508 e. The molecule has 92 heavy (non-hydrogen) atoms. The lowest BCUT2D eigenvalue weighted by Crippen LogP contribution is -2.61. The fraction of sp³-hybridized carbons (Fsp3) is 0.446. The number of aliphatic carboxylic acids is 3. The summed E-state index contributed by atoms with van der Waals surface area (Å²) in [5.74, 6) is -14.7. The molecule has 0 saturated carbocycles. The quantitative estimate of drug-likeness (QED) is 0.0243. The van der Waals surface area contributed by atoms with Gasteiger partial charge in [-0.2, -0.15) is 23.5 Å². The van der Waals surface area contributed by atoms with Gasteiger partial charge in [-0.15, -0.1) is 0 Å². The van der Waals surface area contributed by atoms with E-state index in [1.165, 1.54) is 59.9 Å². The van der Waals surface area contributed by atoms with Gasteiger partial charge >= 0.3 is 25.7 Å². The number of carbonyl (C=O) groups excluding carboxylic acids is 10. The van der Waals surface area contributed by atoms with E-state index in [0.29, 0.717) is 11.1 Å². The summed E-state index contributed by atoms with van der Waals surface area (Å²) in [4.78, 5) is 190. The summed E-state index contributed by atoms with van der Waals surface area (Å²) in [6.45, 7) is -0.926. The Balaban J connectivity index is 1.97. The predicted molar refractivity (Wildman–Crippen MR) is 330 cm³/mol. The van der Waals surface area contributed by atoms with Crippen molar-refractivity contribution >= 4 is 108 Å². The molecule has 0 aliphatic rings. The first-order valence-corrected chi connectivity index (χ1v) is 32.4. The molecule has 0 aromatic heterocycles. The molecule has 0 heterocycles. The zero-order chi connectivity index (χ0) is 68.7. The lowest BCUT2D eigenvalue weighted by atomic mass is 10.0. The highest BCUT2D eigenvalue weighted by molar-refractivity contribution is 7.98. The molecule has 0 spiro atoms. The number of rotatable bonds is 41. The van der Waals surface area contributed by atoms with Crippen LogP contribution >= 0.6 is 31.3 Å². The number of hydrogen-bond donors (Lipinski definition) is 18. The summed E-state index contributed by atoms with van der Waals surface area (Å²) >= 11 is 2.49. The number of carboxylic acid groups (broad SMARTS) is 3. The van der Waals surface area contributed by atoms with Crippen molar-refractivity contribution in [3.63, 3.8) is 0 Å². The largest absolute Gasteiger partial charge is 0.524 e. The van der Waals surface area contributed by atoms with Crippen LogP contribution in [0, 0.1) is 0 Å². The Hall–Kier alpha value is -8.86. The molecular formula is C56H76N11O22PS2. The number of carboxylic acids is 3. The van der Waals surface area contributed by atoms with Gasteiger partial charge in [-0.1, -0.05) is 54.6 Å². The molecule has 3 aromatic rings. The number of aliphatic hydroxyl groups is 1. The molecule has 3 aromatic carbocycles. The highest BCUT2D eigenvalue weighted by Crippen LogP contribution is 2.37. The molecule has 36 heteroatoms. The van der Waals surface area contributed by atoms with Gasteiger partial charge in [-0.05, 0) is 91.2 Å². The molecule has 0 bridgehead atoms. The first kappa shape index (κ1) is 77.4. The van der Waals surface area contributed by atoms with Crippen LogP contribution in [0.3, 0.4) is 0 Å². The zero-order valence-corrected chi connectivity index (χ0v) is 52.5. The van der Waals surface area contributed by atoms with E-state index in [4.69, 9.17) is 10.8 Å². The number of nitrogens with one attached hydrogen (secondary N) is 10. The fourth-order valence-electron chi connectivity index (χ4n) is 8.37. The number of carbonyl (C=O) groups is 13. The molecule has 33 nitrogen and oxygen atoms in total. The van der Waals surface area contributed by atoms with E-state index < -0.39 is 185 Å². The number of aromatic hydroxyl groups is 1. The van der Waals surface area contributed by atoms with Crippen LogP contribution in [-0.4, -0.2) is 210 Å². The van der Waals surface area contributed by atoms with Gasteiger partial charge in [0.15, 0.2) is 0 Å². The number of phosphoric acid groups is 1. The monoisotopic (exact) mass is 1350 g/mol. The highest BCUT2D eigenvalue weighted by atomic mass is 32.2. The minimum Gasteiger partial charge on any atom is -0.508 e. The maximum absolute atomic E-state index is 14.5. The van der Waals surface area contributed by atoms with Gasteiger partial charge < -0.3 is 89.0 Å². The van der Waals surface area contributed by atoms with Crippen molar-refractivity contribution < 1.29 is 107 Å². The van der Waals surface area contributed by atoms with Gasteiger partial charge in [0.1, 0.15) is 59.8 Å². The van der Waals surface area contributed by atoms with E-state index in [1.807, 2.05) is 0 Å². The Morgan fingerprint density at radius 2 is 0.913 bits per heavy atom. The van der Waals surface area contributed by atoms with Crippen LogP contribution in [-0.2, 0) is 86.2 Å². The van der Waals surface area contributed by atoms with E-state index >= 15 is 0 Å². The molecule has 0 radical (unpaired) electrons. The van der Waals surface area contributed by atoms with Crippen LogP contribution in [0.15, 0.2) is 78.9 Å². The second-order valence-corrected chi connectivity index (χ2v) is 23.5. The Morgan fingerprint density at radius 1 is 0.500 bits per heavy atom. The standard InChI is InChI=1S/C56H76N11O22PS2/c1-30(68)48(55(83)63-37(19-21-91-2)51(79)66-42(56(84)85)26-47(75)76)67-52(80)38(20-22-92-3)62-53(81)40(25-32-9-13-34(69)14-10-32)61-45(72)29-59-49(77)39(24-33-11-15-35(16-12-33)89-90(86,87)88)64-54(82)41(23-31-7-5-4-6-8-31)65-50(78)36(17-18-46(73)74)60-44(71)28-58-43(70)27-57/h4-16,30,36-42,48,68-69H,17-29,57H2,1-3H3,(H,58,70)(H,59,77)(H,60,71)(H,61,72)(H,62,81)(H,63,83)(H,64,82)(H,65,78)(H,66,79)(H,67,80)(H,73,74)(H,75,76)(H,84,85)(H2,86,87,88)/t30-,36+,37+,38+,39+,40+,41+,42+,48+/m1/s1. The molecule has 0 saturated heterocycles. The van der Waals surface area contributed by atoms with Crippen LogP contribution in [0.1, 0.15) is 55.7 Å². The number of thioether (sulfide) groups is 2. The van der Waals surface area contributed by atoms with Crippen LogP contribution in [0.5, 0.6) is 11.5 Å². The van der Waals surface area contributed by atoms with Crippen molar-refractivity contribution in [2.75, 3.05) is 43.7 Å². The number of amides is 10. The van der Waals surface area contributed by atoms with Gasteiger partial charge in [0, 0.05) is 25.7 Å². The highest BCUT2D eigenvalue weighted by Gasteiger charge is 2.36. The van der Waals surface area contributed by atoms with Crippen LogP contribution in [0.4, 0.5) is 0 Å². The average molecular weight is 1350 g/mol. The van der Waals surface area contributed by atoms with Crippen molar-refractivity contribution in [2.45, 2.75) is 113 Å². The minimum absolute atomic E-state index is 0.111. The Kier molecular flexibility index (Phi) is 33.1. The second-order valence-electron chi connectivity index (χ2n) is 20.4. The Bertz CT molecular complexity index is 3090. The minimum atomic E-state index is -5.03. The second kappa shape index (κ2) is 39.4. The van der Waals surface area contributed by atoms with E-state index in [-0.39, 0.29) is 54.3 Å². The molecule has 0 unspecified atom stereocenters. The molecule has 3 rings (SSSR count). The molecule has 0 aliphatic carbocycles. The van der Waals surface area contributed by atoms with Crippen molar-refractivity contribution in [2.24, 2.45) is 5.73 Å². The SMILES string of the molecule is CSCC[C@H](NC(=O)[C@H](Cc1ccc(O)cc1)NC(=O)CNC(=O)[C@H](Cc1ccc(OP(=O)(O)O)cc1)NC(=O)[C@H](Cc1ccccc1)NC(=O)[C@H](CCC(=O)O)NC(=O)CNC(=O)CN)C(=O)N[C@H](C(=O)N[C@@H](CCSC)C(=O)N[C@@H](CC(=O)O)C(=O)O)[C@@H](C)O. The Morgan fingerprint density at radius 3 is 1.38 bits per heavy atom. The molecule has 10 amide bonds. The third-order valence-electron chi connectivity index (χ3n) is 13.1. The molecule has 504 valence electrons. The third kappa shape index (κ3) is 29.4. The number of hydrogen-bond acceptors (Lipinski definition) is 20. The van der Waals surface area contributed by atoms with Gasteiger partial charge in [0.25, 0.3) is 0 Å². The lowest BCUT2D eigenvalue weighted by Gasteiger charge is -2.28. The molecule has 19 N–H and O–H groups in total. The summed E-state index contributed by atoms with van der Waals surface area (Å²) in [5.41, 5.74) is 6.32. The van der Waals surface area contributed by atoms with Crippen LogP contribution in [0.25, 0.3) is 0 Å². The molecule has 0 aliphatic heterocycles. The van der Waals surface area contributed by atoms with Gasteiger partial charge in [0.2, 0.25) is 59.1 Å². The normalized spacial score (nSPS) is 14.0. The third-order valence-corrected chi connectivity index (χ3v) is 14.8. The van der Waals surface area contributed by atoms with Crippen molar-refractivity contribution in [1.29, 1.82) is 0 Å². The summed E-state index contributed by atoms with van der Waals surface area (Å²) in [7, 11) is -5.03. The van der Waals surface area contributed by atoms with Crippen molar-refractivity contribution in [1.82, 2.24) is 53.2 Å². The maximum atomic E-state index is 14.5. The van der Waals surface area contributed by atoms with E-state index in [2.05, 4.69) is 57.7 Å². The average Bonchev–Trinajstić information content (AvgIpc) is 1.46. The maximum Gasteiger partial charge on any atom is 0.524 e. The summed E-state index contributed by atoms with van der Waals surface area (Å²) in [5, 5.41) is 72.7. The molecule has 9 atom stereocenters. The fourth-order valence-corrected chi connectivity index (χ4v) is 9.71. The summed E-state index contributed by atoms with van der Waals surface area (Å²) < 4.78 is 16.2. The number of benzene rings is 3. The van der Waals surface area contributed by atoms with Crippen LogP contribution in [0.2, 0.25) is 0 Å². The number of nitrogens with two attached hydrogens (primary N) is 1. The van der Waals surface area contributed by atoms with Gasteiger partial charge in [-0.3, -0.25) is 67.3 Å². The van der Waals surface area contributed by atoms with E-state index in [1.54, 1.807) is 42.8 Å². The van der Waals surface area contributed by atoms with Crippen molar-refractivity contribution in [3.8, 4) is 11.5 Å². The predicted octanol–water partition coefficient (Wildman–Crippen LogP) is -3.73. The summed E-state index contributed by atoms with van der Waals surface area (Å²) in [6.07, 6.45) is -1.71. The number of phenolic OH excluding ortho intramolecular Hbond substituents is 1. The lowest BCUT2D eigenvalue weighted by molar-refractivity contribution is -0.147.